The molecule has 0 unspecified atom stereocenters. The fourth-order valence-electron chi connectivity index (χ4n) is 1.79. The first-order chi connectivity index (χ1) is 9.24. The van der Waals surface area contributed by atoms with Gasteiger partial charge in [0.25, 0.3) is 5.56 Å². The van der Waals surface area contributed by atoms with E-state index in [-0.39, 0.29) is 18.3 Å². The van der Waals surface area contributed by atoms with Crippen molar-refractivity contribution in [1.82, 2.24) is 9.55 Å². The topological polar surface area (TPSA) is 58.4 Å². The van der Waals surface area contributed by atoms with Gasteiger partial charge in [-0.2, -0.15) is 13.2 Å². The van der Waals surface area contributed by atoms with Crippen LogP contribution in [0.1, 0.15) is 13.8 Å². The standard InChI is InChI=1S/C12H18F3N3O2/c1-9(2)7-17-4-3-16-10(11(17)20)18(5-6-19)8-12(13,14)15/h3-4,9,19H,5-8H2,1-2H3. The van der Waals surface area contributed by atoms with Gasteiger partial charge in [-0.25, -0.2) is 4.98 Å². The molecule has 0 atom stereocenters. The molecule has 0 radical (unpaired) electrons. The lowest BCUT2D eigenvalue weighted by atomic mass is 10.2. The van der Waals surface area contributed by atoms with Gasteiger partial charge in [0.15, 0.2) is 5.82 Å². The average molecular weight is 293 g/mol. The van der Waals surface area contributed by atoms with E-state index >= 15 is 0 Å². The summed E-state index contributed by atoms with van der Waals surface area (Å²) in [6.45, 7) is 2.08. The van der Waals surface area contributed by atoms with E-state index in [2.05, 4.69) is 4.98 Å². The van der Waals surface area contributed by atoms with Gasteiger partial charge in [0.1, 0.15) is 6.54 Å². The van der Waals surface area contributed by atoms with Crippen molar-refractivity contribution in [2.24, 2.45) is 5.92 Å². The number of halogens is 3. The molecule has 0 fully saturated rings. The van der Waals surface area contributed by atoms with E-state index in [1.54, 1.807) is 0 Å². The van der Waals surface area contributed by atoms with Crippen molar-refractivity contribution in [1.29, 1.82) is 0 Å². The fourth-order valence-corrected chi connectivity index (χ4v) is 1.79. The van der Waals surface area contributed by atoms with Gasteiger partial charge in [-0.15, -0.1) is 0 Å². The molecule has 20 heavy (non-hydrogen) atoms. The largest absolute Gasteiger partial charge is 0.405 e. The van der Waals surface area contributed by atoms with Crippen LogP contribution in [-0.2, 0) is 6.54 Å². The maximum atomic E-state index is 12.5. The number of anilines is 1. The molecule has 0 aliphatic carbocycles. The number of alkyl halides is 3. The van der Waals surface area contributed by atoms with E-state index in [0.29, 0.717) is 6.54 Å². The molecule has 0 spiro atoms. The first-order valence-electron chi connectivity index (χ1n) is 6.22. The van der Waals surface area contributed by atoms with Crippen LogP contribution in [-0.4, -0.2) is 40.5 Å². The number of aliphatic hydroxyl groups excluding tert-OH is 1. The van der Waals surface area contributed by atoms with E-state index < -0.39 is 24.9 Å². The summed E-state index contributed by atoms with van der Waals surface area (Å²) in [7, 11) is 0. The second kappa shape index (κ2) is 6.74. The summed E-state index contributed by atoms with van der Waals surface area (Å²) in [5.41, 5.74) is -0.584. The Balaban J connectivity index is 3.10. The summed E-state index contributed by atoms with van der Waals surface area (Å²) in [5, 5.41) is 8.85. The summed E-state index contributed by atoms with van der Waals surface area (Å²) in [5.74, 6) is -0.114. The van der Waals surface area contributed by atoms with Crippen molar-refractivity contribution in [3.63, 3.8) is 0 Å². The van der Waals surface area contributed by atoms with E-state index in [9.17, 15) is 18.0 Å². The quantitative estimate of drug-likeness (QED) is 0.858. The molecule has 0 bridgehead atoms. The van der Waals surface area contributed by atoms with Gasteiger partial charge in [0.05, 0.1) is 6.61 Å². The van der Waals surface area contributed by atoms with Gasteiger partial charge < -0.3 is 14.6 Å². The van der Waals surface area contributed by atoms with Crippen molar-refractivity contribution in [2.45, 2.75) is 26.6 Å². The minimum Gasteiger partial charge on any atom is -0.395 e. The molecular weight excluding hydrogens is 275 g/mol. The third kappa shape index (κ3) is 4.84. The van der Waals surface area contributed by atoms with Gasteiger partial charge in [-0.3, -0.25) is 4.79 Å². The van der Waals surface area contributed by atoms with E-state index in [1.807, 2.05) is 13.8 Å². The molecule has 0 aliphatic rings. The summed E-state index contributed by atoms with van der Waals surface area (Å²) in [4.78, 5) is 16.6. The number of rotatable bonds is 6. The number of aromatic nitrogens is 2. The fraction of sp³-hybridized carbons (Fsp3) is 0.667. The molecular formula is C12H18F3N3O2. The SMILES string of the molecule is CC(C)Cn1ccnc(N(CCO)CC(F)(F)F)c1=O. The molecule has 1 aromatic heterocycles. The Bertz CT molecular complexity index is 486. The molecule has 0 aromatic carbocycles. The molecule has 5 nitrogen and oxygen atoms in total. The van der Waals surface area contributed by atoms with Crippen molar-refractivity contribution in [3.05, 3.63) is 22.7 Å². The minimum atomic E-state index is -4.47. The zero-order valence-corrected chi connectivity index (χ0v) is 11.4. The number of hydrogen-bond acceptors (Lipinski definition) is 4. The Labute approximate surface area is 114 Å². The lowest BCUT2D eigenvalue weighted by Gasteiger charge is -2.24. The zero-order chi connectivity index (χ0) is 15.3. The lowest BCUT2D eigenvalue weighted by molar-refractivity contribution is -0.120. The van der Waals surface area contributed by atoms with Crippen LogP contribution < -0.4 is 10.5 Å². The number of hydrogen-bond donors (Lipinski definition) is 1. The maximum absolute atomic E-state index is 12.5. The van der Waals surface area contributed by atoms with Crippen molar-refractivity contribution < 1.29 is 18.3 Å². The van der Waals surface area contributed by atoms with Crippen LogP contribution in [0, 0.1) is 5.92 Å². The first kappa shape index (κ1) is 16.5. The van der Waals surface area contributed by atoms with E-state index in [4.69, 9.17) is 5.11 Å². The third-order valence-electron chi connectivity index (χ3n) is 2.50. The predicted molar refractivity (Wildman–Crippen MR) is 68.7 cm³/mol. The smallest absolute Gasteiger partial charge is 0.395 e. The van der Waals surface area contributed by atoms with E-state index in [1.165, 1.54) is 17.0 Å². The molecule has 1 rings (SSSR count). The predicted octanol–water partition coefficient (Wildman–Crippen LogP) is 1.26. The summed E-state index contributed by atoms with van der Waals surface area (Å²) in [6.07, 6.45) is -1.74. The molecule has 1 aromatic rings. The van der Waals surface area contributed by atoms with Crippen molar-refractivity contribution in [3.8, 4) is 0 Å². The van der Waals surface area contributed by atoms with Crippen molar-refractivity contribution in [2.75, 3.05) is 24.6 Å². The number of aliphatic hydroxyl groups is 1. The number of nitrogens with zero attached hydrogens (tertiary/aromatic N) is 3. The van der Waals surface area contributed by atoms with Gasteiger partial charge in [0.2, 0.25) is 0 Å². The maximum Gasteiger partial charge on any atom is 0.405 e. The Morgan fingerprint density at radius 2 is 2.10 bits per heavy atom. The Hall–Kier alpha value is -1.57. The molecule has 0 saturated carbocycles. The summed E-state index contributed by atoms with van der Waals surface area (Å²) < 4.78 is 38.8. The van der Waals surface area contributed by atoms with Crippen LogP contribution in [0.15, 0.2) is 17.2 Å². The first-order valence-corrected chi connectivity index (χ1v) is 6.22. The van der Waals surface area contributed by atoms with Gasteiger partial charge in [-0.1, -0.05) is 13.8 Å². The molecule has 8 heteroatoms. The second-order valence-electron chi connectivity index (χ2n) is 4.86. The molecule has 114 valence electrons. The summed E-state index contributed by atoms with van der Waals surface area (Å²) >= 11 is 0. The van der Waals surface area contributed by atoms with Crippen LogP contribution in [0.3, 0.4) is 0 Å². The Morgan fingerprint density at radius 3 is 2.60 bits per heavy atom. The average Bonchev–Trinajstić information content (AvgIpc) is 2.29. The Morgan fingerprint density at radius 1 is 1.45 bits per heavy atom. The molecule has 1 N–H and O–H groups in total. The van der Waals surface area contributed by atoms with E-state index in [0.717, 1.165) is 4.90 Å². The normalized spacial score (nSPS) is 11.9. The Kier molecular flexibility index (Phi) is 5.55. The highest BCUT2D eigenvalue weighted by molar-refractivity contribution is 5.35. The molecule has 0 saturated heterocycles. The van der Waals surface area contributed by atoms with Crippen LogP contribution in [0.5, 0.6) is 0 Å². The highest BCUT2D eigenvalue weighted by Crippen LogP contribution is 2.18. The van der Waals surface area contributed by atoms with Crippen LogP contribution in [0.25, 0.3) is 0 Å². The lowest BCUT2D eigenvalue weighted by Crippen LogP contribution is -2.41. The monoisotopic (exact) mass is 293 g/mol. The summed E-state index contributed by atoms with van der Waals surface area (Å²) in [6, 6.07) is 0. The minimum absolute atomic E-state index is 0.178. The highest BCUT2D eigenvalue weighted by Gasteiger charge is 2.32. The van der Waals surface area contributed by atoms with Crippen molar-refractivity contribution >= 4 is 5.82 Å². The zero-order valence-electron chi connectivity index (χ0n) is 11.4. The van der Waals surface area contributed by atoms with Crippen LogP contribution >= 0.6 is 0 Å². The van der Waals surface area contributed by atoms with Gasteiger partial charge >= 0.3 is 6.18 Å². The molecule has 0 aliphatic heterocycles. The third-order valence-corrected chi connectivity index (χ3v) is 2.50. The highest BCUT2D eigenvalue weighted by atomic mass is 19.4. The van der Waals surface area contributed by atoms with Crippen LogP contribution in [0.4, 0.5) is 19.0 Å². The van der Waals surface area contributed by atoms with Gasteiger partial charge in [-0.05, 0) is 5.92 Å². The molecule has 0 amide bonds. The van der Waals surface area contributed by atoms with Crippen LogP contribution in [0.2, 0.25) is 0 Å². The van der Waals surface area contributed by atoms with Gasteiger partial charge in [0, 0.05) is 25.5 Å². The second-order valence-corrected chi connectivity index (χ2v) is 4.86. The molecule has 1 heterocycles.